The van der Waals surface area contributed by atoms with Crippen molar-refractivity contribution in [1.29, 1.82) is 0 Å². The maximum Gasteiger partial charge on any atom is 0.425 e. The van der Waals surface area contributed by atoms with Crippen LogP contribution in [0.3, 0.4) is 0 Å². The minimum atomic E-state index is -5.02. The topological polar surface area (TPSA) is 324 Å². The normalized spacial score (nSPS) is 30.0. The third-order valence-corrected chi connectivity index (χ3v) is 10.4. The molecular formula is C34H68Hg3N6O13S2-6. The summed E-state index contributed by atoms with van der Waals surface area (Å²) in [4.78, 5) is 0. The fourth-order valence-corrected chi connectivity index (χ4v) is 8.17. The van der Waals surface area contributed by atoms with E-state index >= 15 is 0 Å². The van der Waals surface area contributed by atoms with Crippen molar-refractivity contribution in [3.8, 4) is 0 Å². The Kier molecular flexibility index (Phi) is 40.3. The van der Waals surface area contributed by atoms with Crippen LogP contribution in [0.2, 0.25) is 0 Å². The Bertz CT molecular complexity index is 1040. The van der Waals surface area contributed by atoms with Gasteiger partial charge in [0.1, 0.15) is 12.6 Å². The standard InChI is InChI=1S/2C15H26N3.2C2H6O2.3Hg.H2O8S2.H2O/c2*1-3-10-16-12(6-1)14-8-5-9-15(18-14)13-7-2-4-11-17-13;2*1-2(3)4;;;;1-9(2,3)7-8-10(4,5)6;/h2*12-15H,1-11H2;2*2-4H,1H3;;;;(H,1,2,3)(H,4,5,6);1H2/q2*-3;;;;;;;. The van der Waals surface area contributed by atoms with E-state index in [1.807, 2.05) is 0 Å². The first-order chi connectivity index (χ1) is 25.5. The van der Waals surface area contributed by atoms with Crippen molar-refractivity contribution < 1.29 is 144 Å². The molecule has 8 N–H and O–H groups in total. The van der Waals surface area contributed by atoms with Crippen LogP contribution in [0, 0.1) is 0 Å². The molecule has 0 radical (unpaired) electrons. The molecule has 6 rings (SSSR count). The van der Waals surface area contributed by atoms with E-state index in [-0.39, 0.29) is 88.5 Å². The van der Waals surface area contributed by atoms with Gasteiger partial charge in [0, 0.05) is 83.0 Å². The summed E-state index contributed by atoms with van der Waals surface area (Å²) in [6.45, 7) is 6.87. The van der Waals surface area contributed by atoms with Gasteiger partial charge in [0.2, 0.25) is 0 Å². The molecule has 0 aromatic rings. The zero-order chi connectivity index (χ0) is 40.0. The maximum atomic E-state index is 9.51. The maximum absolute atomic E-state index is 9.51. The molecule has 0 spiro atoms. The third-order valence-electron chi connectivity index (χ3n) is 9.83. The van der Waals surface area contributed by atoms with Crippen molar-refractivity contribution in [2.75, 3.05) is 26.2 Å². The number of aliphatic hydroxyl groups is 4. The van der Waals surface area contributed by atoms with Gasteiger partial charge >= 0.3 is 20.8 Å². The smallest absolute Gasteiger partial charge is 0.425 e. The Hall–Kier alpha value is 2.11. The van der Waals surface area contributed by atoms with Gasteiger partial charge in [0.05, 0.1) is 0 Å². The van der Waals surface area contributed by atoms with E-state index in [1.165, 1.54) is 129 Å². The van der Waals surface area contributed by atoms with Crippen LogP contribution in [0.5, 0.6) is 0 Å². The molecule has 58 heavy (non-hydrogen) atoms. The average molecular weight is 1430 g/mol. The molecule has 6 fully saturated rings. The van der Waals surface area contributed by atoms with Crippen molar-refractivity contribution in [2.24, 2.45) is 0 Å². The van der Waals surface area contributed by atoms with E-state index in [4.69, 9.17) is 61.4 Å². The summed E-state index contributed by atoms with van der Waals surface area (Å²) in [5.41, 5.74) is 0. The summed E-state index contributed by atoms with van der Waals surface area (Å²) in [5.74, 6) is 0. The Labute approximate surface area is 408 Å². The fraction of sp³-hybridized carbons (Fsp3) is 1.00. The Morgan fingerprint density at radius 2 is 0.603 bits per heavy atom. The molecule has 8 unspecified atom stereocenters. The Morgan fingerprint density at radius 3 is 0.759 bits per heavy atom. The van der Waals surface area contributed by atoms with Gasteiger partial charge in [-0.2, -0.15) is 65.2 Å². The van der Waals surface area contributed by atoms with Crippen LogP contribution < -0.4 is 0 Å². The molecular weight excluding hydrogens is 1370 g/mol. The minimum Gasteiger partial charge on any atom is -0.661 e. The molecule has 336 valence electrons. The predicted molar refractivity (Wildman–Crippen MR) is 210 cm³/mol. The van der Waals surface area contributed by atoms with Crippen molar-refractivity contribution in [2.45, 2.75) is 190 Å². The summed E-state index contributed by atoms with van der Waals surface area (Å²) >= 11 is 0. The van der Waals surface area contributed by atoms with Gasteiger partial charge < -0.3 is 57.8 Å². The first-order valence-electron chi connectivity index (χ1n) is 19.6. The van der Waals surface area contributed by atoms with Crippen LogP contribution in [0.25, 0.3) is 31.9 Å². The quantitative estimate of drug-likeness (QED) is 0.0670. The molecule has 0 aromatic carbocycles. The first kappa shape index (κ1) is 64.4. The number of hydrogen-bond acceptors (Lipinski definition) is 10. The number of aliphatic hydroxyl groups excluding tert-OH is 2. The second kappa shape index (κ2) is 36.3. The van der Waals surface area contributed by atoms with E-state index in [1.54, 1.807) is 0 Å². The van der Waals surface area contributed by atoms with Gasteiger partial charge in [0.15, 0.2) is 0 Å². The van der Waals surface area contributed by atoms with Gasteiger partial charge in [-0.3, -0.25) is 9.11 Å². The van der Waals surface area contributed by atoms with Crippen LogP contribution in [0.1, 0.15) is 129 Å². The predicted octanol–water partition coefficient (Wildman–Crippen LogP) is 4.61. The number of piperidine rings is 6. The summed E-state index contributed by atoms with van der Waals surface area (Å²) in [6, 6.07) is 4.30. The largest absolute Gasteiger partial charge is 0.661 e. The van der Waals surface area contributed by atoms with Crippen LogP contribution in [0.15, 0.2) is 0 Å². The molecule has 0 aromatic heterocycles. The monoisotopic (exact) mass is 1440 g/mol. The van der Waals surface area contributed by atoms with Crippen LogP contribution in [-0.2, 0) is 112 Å². The van der Waals surface area contributed by atoms with E-state index in [2.05, 4.69) is 8.67 Å². The van der Waals surface area contributed by atoms with Crippen molar-refractivity contribution >= 4 is 20.8 Å². The summed E-state index contributed by atoms with van der Waals surface area (Å²) in [7, 11) is -10.0. The molecule has 0 aliphatic carbocycles. The number of rotatable bonds is 7. The fourth-order valence-electron chi connectivity index (χ4n) is 7.61. The molecule has 19 nitrogen and oxygen atoms in total. The minimum absolute atomic E-state index is 0. The van der Waals surface area contributed by atoms with Crippen molar-refractivity contribution in [3.63, 3.8) is 0 Å². The second-order valence-electron chi connectivity index (χ2n) is 14.6. The SMILES string of the molecule is C1CCC(C2CCCC(C3CCCC[N-]3)[N-]2)[N-]C1.C1CCC(C2CCCC(C3CCCC[N-]3)[N-]2)[N-]C1.CC(O)O.CC(O)O.O.O=S(=O)(O)OOS(=O)(=O)O.[Hg].[Hg].[Hg]. The molecule has 24 heteroatoms. The summed E-state index contributed by atoms with van der Waals surface area (Å²) in [6.07, 6.45) is 21.2. The Morgan fingerprint density at radius 1 is 0.414 bits per heavy atom. The summed E-state index contributed by atoms with van der Waals surface area (Å²) < 4.78 is 58.9. The number of nitrogens with zero attached hydrogens (tertiary/aromatic N) is 6. The van der Waals surface area contributed by atoms with Crippen molar-refractivity contribution in [1.82, 2.24) is 0 Å². The third kappa shape index (κ3) is 31.9. The van der Waals surface area contributed by atoms with Crippen LogP contribution in [0.4, 0.5) is 0 Å². The van der Waals surface area contributed by atoms with Crippen LogP contribution >= 0.6 is 0 Å². The molecule has 0 amide bonds. The van der Waals surface area contributed by atoms with Gasteiger partial charge in [-0.05, 0) is 13.8 Å². The van der Waals surface area contributed by atoms with E-state index < -0.39 is 33.4 Å². The summed E-state index contributed by atoms with van der Waals surface area (Å²) in [5, 5.41) is 60.0. The van der Waals surface area contributed by atoms with Crippen LogP contribution in [-0.4, -0.2) is 139 Å². The second-order valence-corrected chi connectivity index (χ2v) is 16.5. The van der Waals surface area contributed by atoms with Gasteiger partial charge in [0.25, 0.3) is 0 Å². The first-order valence-corrected chi connectivity index (χ1v) is 22.4. The molecule has 6 aliphatic heterocycles. The molecule has 0 bridgehead atoms. The van der Waals surface area contributed by atoms with Gasteiger partial charge in [-0.15, -0.1) is 26.2 Å². The van der Waals surface area contributed by atoms with Gasteiger partial charge in [-0.25, -0.2) is 0 Å². The zero-order valence-electron chi connectivity index (χ0n) is 34.6. The molecule has 6 heterocycles. The zero-order valence-corrected chi connectivity index (χ0v) is 52.7. The van der Waals surface area contributed by atoms with Crippen molar-refractivity contribution in [3.05, 3.63) is 31.9 Å². The molecule has 0 saturated carbocycles. The Balaban J connectivity index is -0.000000714. The molecule has 8 atom stereocenters. The number of hydrogen-bond donors (Lipinski definition) is 6. The van der Waals surface area contributed by atoms with E-state index in [9.17, 15) is 16.8 Å². The average Bonchev–Trinajstić information content (AvgIpc) is 3.15. The molecule has 6 saturated heterocycles. The van der Waals surface area contributed by atoms with Gasteiger partial charge in [-0.1, -0.05) is 124 Å². The van der Waals surface area contributed by atoms with E-state index in [0.717, 1.165) is 26.2 Å². The van der Waals surface area contributed by atoms with E-state index in [0.29, 0.717) is 48.3 Å². The molecule has 6 aliphatic rings.